The molecule has 0 atom stereocenters. The van der Waals surface area contributed by atoms with Crippen molar-refractivity contribution in [2.24, 2.45) is 0 Å². The molecule has 0 bridgehead atoms. The van der Waals surface area contributed by atoms with Crippen LogP contribution in [0.15, 0.2) is 26.3 Å². The van der Waals surface area contributed by atoms with Crippen molar-refractivity contribution in [2.45, 2.75) is 22.8 Å². The average Bonchev–Trinajstić information content (AvgIpc) is 3.13. The number of ether oxygens (including phenoxy) is 1. The Kier molecular flexibility index (Phi) is 4.91. The molecule has 0 aliphatic carbocycles. The van der Waals surface area contributed by atoms with Crippen LogP contribution in [-0.2, 0) is 11.3 Å². The zero-order valence-electron chi connectivity index (χ0n) is 11.8. The predicted molar refractivity (Wildman–Crippen MR) is 87.6 cm³/mol. The molecule has 112 valence electrons. The van der Waals surface area contributed by atoms with E-state index in [4.69, 9.17) is 9.72 Å². The first-order chi connectivity index (χ1) is 10.3. The number of hydrogen-bond acceptors (Lipinski definition) is 7. The molecule has 0 aliphatic heterocycles. The third-order valence-corrected chi connectivity index (χ3v) is 5.71. The van der Waals surface area contributed by atoms with E-state index in [0.717, 1.165) is 33.1 Å². The highest BCUT2D eigenvalue weighted by molar-refractivity contribution is 8.01. The normalized spacial score (nSPS) is 11.5. The van der Waals surface area contributed by atoms with Gasteiger partial charge < -0.3 is 10.1 Å². The Hall–Kier alpha value is -0.930. The van der Waals surface area contributed by atoms with Crippen LogP contribution < -0.4 is 5.32 Å². The number of thiazole rings is 2. The summed E-state index contributed by atoms with van der Waals surface area (Å²) < 4.78 is 8.25. The fraction of sp³-hybridized carbons (Fsp3) is 0.385. The smallest absolute Gasteiger partial charge is 0.194 e. The summed E-state index contributed by atoms with van der Waals surface area (Å²) in [6.07, 6.45) is 2.07. The van der Waals surface area contributed by atoms with Crippen LogP contribution in [-0.4, -0.2) is 34.6 Å². The maximum atomic E-state index is 5.07. The fourth-order valence-electron chi connectivity index (χ4n) is 1.90. The molecule has 0 spiro atoms. The Labute approximate surface area is 135 Å². The number of aromatic nitrogens is 3. The summed E-state index contributed by atoms with van der Waals surface area (Å²) >= 11 is 4.95. The van der Waals surface area contributed by atoms with Gasteiger partial charge in [-0.05, 0) is 18.7 Å². The van der Waals surface area contributed by atoms with E-state index >= 15 is 0 Å². The molecule has 0 saturated heterocycles. The summed E-state index contributed by atoms with van der Waals surface area (Å²) in [5.41, 5.74) is 2.24. The van der Waals surface area contributed by atoms with E-state index in [1.165, 1.54) is 5.69 Å². The third-order valence-electron chi connectivity index (χ3n) is 2.88. The van der Waals surface area contributed by atoms with E-state index < -0.39 is 0 Å². The quantitative estimate of drug-likeness (QED) is 0.670. The zero-order chi connectivity index (χ0) is 14.7. The minimum absolute atomic E-state index is 0.708. The number of nitrogens with zero attached hydrogens (tertiary/aromatic N) is 3. The molecule has 3 aromatic rings. The maximum absolute atomic E-state index is 5.07. The molecule has 3 heterocycles. The summed E-state index contributed by atoms with van der Waals surface area (Å²) in [6, 6.07) is 0. The van der Waals surface area contributed by atoms with Crippen LogP contribution >= 0.6 is 34.4 Å². The second-order valence-electron chi connectivity index (χ2n) is 4.45. The first-order valence-electron chi connectivity index (χ1n) is 6.52. The van der Waals surface area contributed by atoms with E-state index in [0.29, 0.717) is 6.61 Å². The Morgan fingerprint density at radius 1 is 1.38 bits per heavy atom. The van der Waals surface area contributed by atoms with Crippen molar-refractivity contribution in [3.05, 3.63) is 28.3 Å². The minimum atomic E-state index is 0.708. The highest BCUT2D eigenvalue weighted by Gasteiger charge is 2.15. The lowest BCUT2D eigenvalue weighted by molar-refractivity contribution is 0.199. The fourth-order valence-corrected chi connectivity index (χ4v) is 4.56. The highest BCUT2D eigenvalue weighted by Crippen LogP contribution is 2.33. The van der Waals surface area contributed by atoms with Gasteiger partial charge in [-0.2, -0.15) is 0 Å². The Morgan fingerprint density at radius 3 is 3.05 bits per heavy atom. The topological polar surface area (TPSA) is 51.5 Å². The molecule has 0 fully saturated rings. The zero-order valence-corrected chi connectivity index (χ0v) is 14.3. The predicted octanol–water partition coefficient (Wildman–Crippen LogP) is 3.05. The van der Waals surface area contributed by atoms with Crippen molar-refractivity contribution in [3.8, 4) is 0 Å². The van der Waals surface area contributed by atoms with Crippen LogP contribution in [0.5, 0.6) is 0 Å². The van der Waals surface area contributed by atoms with Crippen LogP contribution in [0.3, 0.4) is 0 Å². The van der Waals surface area contributed by atoms with Crippen molar-refractivity contribution < 1.29 is 4.74 Å². The first-order valence-corrected chi connectivity index (χ1v) is 9.09. The van der Waals surface area contributed by atoms with E-state index in [1.54, 1.807) is 41.5 Å². The van der Waals surface area contributed by atoms with Gasteiger partial charge in [0.25, 0.3) is 0 Å². The molecule has 8 heteroatoms. The third kappa shape index (κ3) is 3.46. The number of hydrogen-bond donors (Lipinski definition) is 1. The van der Waals surface area contributed by atoms with Crippen LogP contribution in [0, 0.1) is 6.92 Å². The summed E-state index contributed by atoms with van der Waals surface area (Å²) in [5, 5.41) is 8.54. The summed E-state index contributed by atoms with van der Waals surface area (Å²) in [6.45, 7) is 4.32. The van der Waals surface area contributed by atoms with Gasteiger partial charge in [-0.15, -0.1) is 22.7 Å². The van der Waals surface area contributed by atoms with Gasteiger partial charge in [-0.1, -0.05) is 0 Å². The van der Waals surface area contributed by atoms with E-state index in [1.807, 2.05) is 6.92 Å². The van der Waals surface area contributed by atoms with Crippen molar-refractivity contribution in [1.29, 1.82) is 0 Å². The number of nitrogens with one attached hydrogen (secondary N) is 1. The van der Waals surface area contributed by atoms with Crippen molar-refractivity contribution in [3.63, 3.8) is 0 Å². The molecule has 3 aromatic heterocycles. The number of aryl methyl sites for hydroxylation is 1. The van der Waals surface area contributed by atoms with Crippen LogP contribution in [0.1, 0.15) is 11.4 Å². The molecule has 0 aromatic carbocycles. The van der Waals surface area contributed by atoms with E-state index in [2.05, 4.69) is 31.7 Å². The number of imidazole rings is 1. The summed E-state index contributed by atoms with van der Waals surface area (Å²) in [7, 11) is 1.71. The lowest BCUT2D eigenvalue weighted by Gasteiger charge is -2.05. The second kappa shape index (κ2) is 6.89. The van der Waals surface area contributed by atoms with E-state index in [9.17, 15) is 0 Å². The monoisotopic (exact) mass is 340 g/mol. The second-order valence-corrected chi connectivity index (χ2v) is 7.41. The van der Waals surface area contributed by atoms with Crippen LogP contribution in [0.4, 0.5) is 0 Å². The lowest BCUT2D eigenvalue weighted by Crippen LogP contribution is -2.19. The first kappa shape index (κ1) is 15.0. The molecule has 0 aliphatic rings. The van der Waals surface area contributed by atoms with Gasteiger partial charge in [0, 0.05) is 42.9 Å². The Balaban J connectivity index is 1.81. The summed E-state index contributed by atoms with van der Waals surface area (Å²) in [5.74, 6) is 0. The molecule has 5 nitrogen and oxygen atoms in total. The average molecular weight is 340 g/mol. The van der Waals surface area contributed by atoms with Crippen molar-refractivity contribution in [1.82, 2.24) is 19.7 Å². The number of methoxy groups -OCH3 is 1. The summed E-state index contributed by atoms with van der Waals surface area (Å²) in [4.78, 5) is 10.2. The molecule has 3 rings (SSSR count). The van der Waals surface area contributed by atoms with Gasteiger partial charge in [0.15, 0.2) is 9.30 Å². The van der Waals surface area contributed by atoms with Gasteiger partial charge in [0.1, 0.15) is 5.03 Å². The molecular weight excluding hydrogens is 324 g/mol. The van der Waals surface area contributed by atoms with Gasteiger partial charge in [-0.25, -0.2) is 9.97 Å². The van der Waals surface area contributed by atoms with Gasteiger partial charge in [0.05, 0.1) is 12.3 Å². The van der Waals surface area contributed by atoms with Gasteiger partial charge in [0.2, 0.25) is 0 Å². The minimum Gasteiger partial charge on any atom is -0.383 e. The molecule has 0 amide bonds. The maximum Gasteiger partial charge on any atom is 0.194 e. The van der Waals surface area contributed by atoms with Crippen molar-refractivity contribution >= 4 is 39.4 Å². The van der Waals surface area contributed by atoms with Crippen molar-refractivity contribution in [2.75, 3.05) is 20.3 Å². The molecule has 21 heavy (non-hydrogen) atoms. The number of fused-ring (bicyclic) bond motifs is 1. The molecule has 0 unspecified atom stereocenters. The largest absolute Gasteiger partial charge is 0.383 e. The lowest BCUT2D eigenvalue weighted by atomic mass is 10.4. The molecule has 0 radical (unpaired) electrons. The Morgan fingerprint density at radius 2 is 2.29 bits per heavy atom. The number of rotatable bonds is 7. The van der Waals surface area contributed by atoms with Gasteiger partial charge in [-0.3, -0.25) is 4.40 Å². The molecule has 1 N–H and O–H groups in total. The SMILES string of the molecule is COCCNCc1c(Sc2nc(C)cs2)nc2sccn12. The molecule has 0 saturated carbocycles. The van der Waals surface area contributed by atoms with Crippen LogP contribution in [0.2, 0.25) is 0 Å². The standard InChI is InChI=1S/C13H16N4OS3/c1-9-8-20-13(15-9)21-11-10(7-14-3-5-18-2)17-4-6-19-12(17)16-11/h4,6,8,14H,3,5,7H2,1-2H3. The van der Waals surface area contributed by atoms with Gasteiger partial charge >= 0.3 is 0 Å². The highest BCUT2D eigenvalue weighted by atomic mass is 32.2. The van der Waals surface area contributed by atoms with Crippen LogP contribution in [0.25, 0.3) is 4.96 Å². The van der Waals surface area contributed by atoms with E-state index in [-0.39, 0.29) is 0 Å². The Bertz CT molecular complexity index is 718. The molecular formula is C13H16N4OS3.